The van der Waals surface area contributed by atoms with Crippen LogP contribution in [0.25, 0.3) is 0 Å². The predicted octanol–water partition coefficient (Wildman–Crippen LogP) is 5.62. The highest BCUT2D eigenvalue weighted by Crippen LogP contribution is 2.42. The van der Waals surface area contributed by atoms with Gasteiger partial charge in [0.05, 0.1) is 18.4 Å². The highest BCUT2D eigenvalue weighted by Gasteiger charge is 2.41. The lowest BCUT2D eigenvalue weighted by Gasteiger charge is -2.20. The minimum atomic E-state index is -0.514. The van der Waals surface area contributed by atoms with Crippen molar-refractivity contribution in [1.82, 2.24) is 5.32 Å². The van der Waals surface area contributed by atoms with Gasteiger partial charge >= 0.3 is 0 Å². The molecule has 188 valence electrons. The van der Waals surface area contributed by atoms with Crippen LogP contribution < -0.4 is 15.0 Å². The molecule has 1 saturated heterocycles. The fraction of sp³-hybridized carbons (Fsp3) is 0.233. The summed E-state index contributed by atoms with van der Waals surface area (Å²) in [5, 5.41) is 12.9. The number of carbonyl (C=O) groups excluding carboxylic acids is 2. The topological polar surface area (TPSA) is 82.4 Å². The summed E-state index contributed by atoms with van der Waals surface area (Å²) in [7, 11) is 1.57. The number of anilines is 1. The molecule has 1 N–H and O–H groups in total. The van der Waals surface area contributed by atoms with Gasteiger partial charge in [-0.3, -0.25) is 14.5 Å². The molecule has 2 amide bonds. The van der Waals surface area contributed by atoms with Gasteiger partial charge < -0.3 is 10.1 Å². The molecule has 0 aliphatic carbocycles. The molecule has 7 heteroatoms. The molecule has 0 aromatic heterocycles. The Labute approximate surface area is 221 Å². The van der Waals surface area contributed by atoms with Crippen LogP contribution in [0.5, 0.6) is 5.75 Å². The summed E-state index contributed by atoms with van der Waals surface area (Å²) in [6.45, 7) is 5.96. The van der Waals surface area contributed by atoms with Crippen molar-refractivity contribution in [2.75, 3.05) is 12.0 Å². The Balaban J connectivity index is 1.70. The first kappa shape index (κ1) is 26.1. The SMILES string of the molecule is COc1ccc(N2C(=O)C(Cc3ccc(C)c(C)c3)S/C2=C(/C#N)C(=O)NC(C)c2ccccc2)cc1. The van der Waals surface area contributed by atoms with Crippen molar-refractivity contribution >= 4 is 29.3 Å². The molecule has 6 nitrogen and oxygen atoms in total. The lowest BCUT2D eigenvalue weighted by molar-refractivity contribution is -0.117. The van der Waals surface area contributed by atoms with Crippen molar-refractivity contribution in [3.8, 4) is 11.8 Å². The average Bonchev–Trinajstić information content (AvgIpc) is 3.22. The Morgan fingerprint density at radius 3 is 2.41 bits per heavy atom. The number of rotatable bonds is 7. The van der Waals surface area contributed by atoms with E-state index in [2.05, 4.69) is 24.4 Å². The van der Waals surface area contributed by atoms with Crippen LogP contribution in [0.4, 0.5) is 5.69 Å². The van der Waals surface area contributed by atoms with Gasteiger partial charge in [0.25, 0.3) is 5.91 Å². The van der Waals surface area contributed by atoms with E-state index < -0.39 is 11.2 Å². The van der Waals surface area contributed by atoms with Crippen LogP contribution in [-0.4, -0.2) is 24.2 Å². The Hall–Kier alpha value is -4.02. The highest BCUT2D eigenvalue weighted by atomic mass is 32.2. The van der Waals surface area contributed by atoms with E-state index in [4.69, 9.17) is 4.74 Å². The van der Waals surface area contributed by atoms with Gasteiger partial charge in [0.2, 0.25) is 5.91 Å². The zero-order valence-corrected chi connectivity index (χ0v) is 22.1. The minimum absolute atomic E-state index is 0.0838. The van der Waals surface area contributed by atoms with E-state index >= 15 is 0 Å². The number of nitrogens with one attached hydrogen (secondary N) is 1. The van der Waals surface area contributed by atoms with Crippen LogP contribution >= 0.6 is 11.8 Å². The van der Waals surface area contributed by atoms with E-state index in [1.165, 1.54) is 22.2 Å². The van der Waals surface area contributed by atoms with Crippen LogP contribution in [0, 0.1) is 25.2 Å². The van der Waals surface area contributed by atoms with Crippen LogP contribution in [0.3, 0.4) is 0 Å². The molecule has 4 rings (SSSR count). The molecule has 1 fully saturated rings. The number of hydrogen-bond acceptors (Lipinski definition) is 5. The van der Waals surface area contributed by atoms with E-state index in [1.54, 1.807) is 31.4 Å². The van der Waals surface area contributed by atoms with Crippen LogP contribution in [0.15, 0.2) is 83.4 Å². The molecule has 3 aromatic carbocycles. The standard InChI is InChI=1S/C30H29N3O3S/c1-19-10-11-22(16-20(19)2)17-27-29(35)33(24-12-14-25(36-4)15-13-24)30(37-27)26(18-31)28(34)32-21(3)23-8-6-5-7-9-23/h5-16,21,27H,17H2,1-4H3,(H,32,34)/b30-26-. The second kappa shape index (κ2) is 11.4. The average molecular weight is 512 g/mol. The molecule has 2 atom stereocenters. The molecule has 3 aromatic rings. The molecule has 37 heavy (non-hydrogen) atoms. The summed E-state index contributed by atoms with van der Waals surface area (Å²) in [5.74, 6) is -0.0326. The van der Waals surface area contributed by atoms with Crippen molar-refractivity contribution in [1.29, 1.82) is 5.26 Å². The van der Waals surface area contributed by atoms with Crippen LogP contribution in [-0.2, 0) is 16.0 Å². The van der Waals surface area contributed by atoms with Crippen molar-refractivity contribution in [3.63, 3.8) is 0 Å². The van der Waals surface area contributed by atoms with Gasteiger partial charge in [-0.15, -0.1) is 0 Å². The first-order valence-corrected chi connectivity index (χ1v) is 12.9. The van der Waals surface area contributed by atoms with E-state index in [-0.39, 0.29) is 17.5 Å². The first-order valence-electron chi connectivity index (χ1n) is 12.0. The molecule has 0 radical (unpaired) electrons. The number of benzene rings is 3. The maximum absolute atomic E-state index is 13.7. The van der Waals surface area contributed by atoms with Gasteiger partial charge in [-0.25, -0.2) is 0 Å². The Kier molecular flexibility index (Phi) is 8.00. The molecule has 0 spiro atoms. The number of ether oxygens (including phenoxy) is 1. The van der Waals surface area contributed by atoms with Crippen molar-refractivity contribution in [3.05, 3.63) is 106 Å². The van der Waals surface area contributed by atoms with Gasteiger partial charge in [0.1, 0.15) is 22.4 Å². The fourth-order valence-electron chi connectivity index (χ4n) is 4.19. The third-order valence-corrected chi connectivity index (χ3v) is 7.74. The Morgan fingerprint density at radius 1 is 1.08 bits per heavy atom. The first-order chi connectivity index (χ1) is 17.8. The summed E-state index contributed by atoms with van der Waals surface area (Å²) < 4.78 is 5.26. The summed E-state index contributed by atoms with van der Waals surface area (Å²) >= 11 is 1.26. The zero-order chi connectivity index (χ0) is 26.5. The normalized spacial score (nSPS) is 17.2. The summed E-state index contributed by atoms with van der Waals surface area (Å²) in [6.07, 6.45) is 0.488. The molecular formula is C30H29N3O3S. The third-order valence-electron chi connectivity index (χ3n) is 6.48. The van der Waals surface area contributed by atoms with Gasteiger partial charge in [-0.05, 0) is 73.7 Å². The van der Waals surface area contributed by atoms with Gasteiger partial charge in [-0.1, -0.05) is 60.3 Å². The Morgan fingerprint density at radius 2 is 1.78 bits per heavy atom. The number of nitriles is 1. The van der Waals surface area contributed by atoms with Gasteiger partial charge in [-0.2, -0.15) is 5.26 Å². The van der Waals surface area contributed by atoms with Crippen molar-refractivity contribution < 1.29 is 14.3 Å². The smallest absolute Gasteiger partial charge is 0.265 e. The largest absolute Gasteiger partial charge is 0.497 e. The molecule has 2 unspecified atom stereocenters. The van der Waals surface area contributed by atoms with E-state index in [1.807, 2.05) is 56.3 Å². The lowest BCUT2D eigenvalue weighted by atomic mass is 10.0. The van der Waals surface area contributed by atoms with Crippen LogP contribution in [0.1, 0.15) is 35.2 Å². The van der Waals surface area contributed by atoms with Crippen molar-refractivity contribution in [2.45, 2.75) is 38.5 Å². The second-order valence-electron chi connectivity index (χ2n) is 9.00. The minimum Gasteiger partial charge on any atom is -0.497 e. The van der Waals surface area contributed by atoms with E-state index in [0.717, 1.165) is 16.7 Å². The number of carbonyl (C=O) groups is 2. The van der Waals surface area contributed by atoms with Crippen LogP contribution in [0.2, 0.25) is 0 Å². The summed E-state index contributed by atoms with van der Waals surface area (Å²) in [4.78, 5) is 28.5. The summed E-state index contributed by atoms with van der Waals surface area (Å²) in [5.41, 5.74) is 4.79. The number of amides is 2. The number of thioether (sulfide) groups is 1. The molecule has 1 aliphatic rings. The van der Waals surface area contributed by atoms with Crippen molar-refractivity contribution in [2.24, 2.45) is 0 Å². The number of methoxy groups -OCH3 is 1. The molecule has 1 heterocycles. The molecular weight excluding hydrogens is 482 g/mol. The lowest BCUT2D eigenvalue weighted by Crippen LogP contribution is -2.32. The van der Waals surface area contributed by atoms with E-state index in [9.17, 15) is 14.9 Å². The second-order valence-corrected chi connectivity index (χ2v) is 10.2. The monoisotopic (exact) mass is 511 g/mol. The summed E-state index contributed by atoms with van der Waals surface area (Å²) in [6, 6.07) is 24.5. The number of aryl methyl sites for hydroxylation is 2. The van der Waals surface area contributed by atoms with Gasteiger partial charge in [0.15, 0.2) is 0 Å². The molecule has 1 aliphatic heterocycles. The van der Waals surface area contributed by atoms with Gasteiger partial charge in [0, 0.05) is 5.69 Å². The quantitative estimate of drug-likeness (QED) is 0.329. The third kappa shape index (κ3) is 5.71. The number of nitrogens with zero attached hydrogens (tertiary/aromatic N) is 2. The molecule has 0 saturated carbocycles. The number of hydrogen-bond donors (Lipinski definition) is 1. The predicted molar refractivity (Wildman–Crippen MR) is 147 cm³/mol. The van der Waals surface area contributed by atoms with E-state index in [0.29, 0.717) is 22.9 Å². The maximum atomic E-state index is 13.7. The highest BCUT2D eigenvalue weighted by molar-refractivity contribution is 8.05. The Bertz CT molecular complexity index is 1380. The maximum Gasteiger partial charge on any atom is 0.265 e. The zero-order valence-electron chi connectivity index (χ0n) is 21.3. The molecule has 0 bridgehead atoms. The fourth-order valence-corrected chi connectivity index (χ4v) is 5.50.